The molecule has 0 aromatic heterocycles. The maximum atomic E-state index is 13.5. The summed E-state index contributed by atoms with van der Waals surface area (Å²) in [6.07, 6.45) is 1.46. The summed E-state index contributed by atoms with van der Waals surface area (Å²) in [5.41, 5.74) is 2.12. The number of carbonyl (C=O) groups is 4. The first-order valence-electron chi connectivity index (χ1n) is 14.3. The van der Waals surface area contributed by atoms with Crippen LogP contribution >= 0.6 is 11.8 Å². The van der Waals surface area contributed by atoms with E-state index >= 15 is 0 Å². The van der Waals surface area contributed by atoms with Crippen molar-refractivity contribution in [1.29, 1.82) is 0 Å². The molecule has 0 saturated carbocycles. The molecule has 1 atom stereocenters. The number of benzene rings is 4. The molecular weight excluding hydrogens is 606 g/mol. The quantitative estimate of drug-likeness (QED) is 0.0827. The molecule has 0 spiro atoms. The van der Waals surface area contributed by atoms with Crippen LogP contribution in [0.15, 0.2) is 108 Å². The molecule has 4 rings (SSSR count). The Hall–Kier alpha value is -5.55. The number of thioether (sulfide) groups is 1. The second kappa shape index (κ2) is 16.0. The van der Waals surface area contributed by atoms with Gasteiger partial charge in [0.15, 0.2) is 0 Å². The lowest BCUT2D eigenvalue weighted by molar-refractivity contribution is -0.115. The maximum Gasteiger partial charge on any atom is 0.338 e. The summed E-state index contributed by atoms with van der Waals surface area (Å²) in [7, 11) is 1.43. The number of aromatic hydroxyl groups is 1. The highest BCUT2D eigenvalue weighted by atomic mass is 32.2. The summed E-state index contributed by atoms with van der Waals surface area (Å²) in [4.78, 5) is 52.0. The van der Waals surface area contributed by atoms with Crippen molar-refractivity contribution in [2.24, 2.45) is 0 Å². The lowest BCUT2D eigenvalue weighted by Gasteiger charge is -2.15. The zero-order valence-electron chi connectivity index (χ0n) is 25.4. The topological polar surface area (TPSA) is 143 Å². The molecule has 10 nitrogen and oxygen atoms in total. The lowest BCUT2D eigenvalue weighted by Crippen LogP contribution is -2.30. The highest BCUT2D eigenvalue weighted by molar-refractivity contribution is 8.00. The summed E-state index contributed by atoms with van der Waals surface area (Å²) in [6.45, 7) is 3.76. The average molecular weight is 640 g/mol. The summed E-state index contributed by atoms with van der Waals surface area (Å²) in [5.74, 6) is -1.48. The number of phenolic OH excluding ortho intramolecular Hbond substituents is 1. The Labute approximate surface area is 270 Å². The first-order valence-corrected chi connectivity index (χ1v) is 15.2. The van der Waals surface area contributed by atoms with Gasteiger partial charge in [0.25, 0.3) is 11.8 Å². The van der Waals surface area contributed by atoms with Gasteiger partial charge in [-0.3, -0.25) is 14.4 Å². The molecule has 0 aliphatic heterocycles. The molecule has 11 heteroatoms. The molecule has 0 fully saturated rings. The van der Waals surface area contributed by atoms with Gasteiger partial charge in [-0.2, -0.15) is 0 Å². The van der Waals surface area contributed by atoms with Crippen LogP contribution in [0.4, 0.5) is 11.4 Å². The second-order valence-electron chi connectivity index (χ2n) is 9.83. The van der Waals surface area contributed by atoms with Gasteiger partial charge in [0, 0.05) is 33.5 Å². The molecule has 4 aromatic carbocycles. The van der Waals surface area contributed by atoms with Crippen LogP contribution in [0.1, 0.15) is 40.1 Å². The molecular formula is C35H33N3O7S. The summed E-state index contributed by atoms with van der Waals surface area (Å²) in [6, 6.07) is 26.3. The van der Waals surface area contributed by atoms with E-state index in [1.807, 2.05) is 6.07 Å². The number of nitrogens with one attached hydrogen (secondary N) is 3. The SMILES string of the molecule is CCOC(=O)c1ccc(NC(=O)C(C)Sc2cccc(NC(=O)/C(=C\c3ccc(O)cc3OC)NC(=O)c3ccccc3)c2)cc1. The zero-order valence-corrected chi connectivity index (χ0v) is 26.2. The first-order chi connectivity index (χ1) is 22.2. The van der Waals surface area contributed by atoms with E-state index < -0.39 is 23.0 Å². The van der Waals surface area contributed by atoms with Gasteiger partial charge >= 0.3 is 5.97 Å². The predicted octanol–water partition coefficient (Wildman–Crippen LogP) is 6.11. The summed E-state index contributed by atoms with van der Waals surface area (Å²) < 4.78 is 10.3. The van der Waals surface area contributed by atoms with Crippen molar-refractivity contribution in [3.63, 3.8) is 0 Å². The molecule has 4 N–H and O–H groups in total. The van der Waals surface area contributed by atoms with Crippen LogP contribution < -0.4 is 20.7 Å². The first kappa shape index (κ1) is 33.3. The zero-order chi connectivity index (χ0) is 33.1. The van der Waals surface area contributed by atoms with Crippen LogP contribution in [0.2, 0.25) is 0 Å². The van der Waals surface area contributed by atoms with Gasteiger partial charge in [-0.1, -0.05) is 24.3 Å². The Morgan fingerprint density at radius 2 is 1.59 bits per heavy atom. The second-order valence-corrected chi connectivity index (χ2v) is 11.2. The fourth-order valence-electron chi connectivity index (χ4n) is 4.17. The Morgan fingerprint density at radius 3 is 2.28 bits per heavy atom. The minimum atomic E-state index is -0.599. The van der Waals surface area contributed by atoms with Gasteiger partial charge in [-0.15, -0.1) is 11.8 Å². The molecule has 46 heavy (non-hydrogen) atoms. The third-order valence-corrected chi connectivity index (χ3v) is 7.58. The number of ether oxygens (including phenoxy) is 2. The van der Waals surface area contributed by atoms with E-state index in [0.717, 1.165) is 4.90 Å². The fourth-order valence-corrected chi connectivity index (χ4v) is 5.09. The van der Waals surface area contributed by atoms with Crippen molar-refractivity contribution < 1.29 is 33.8 Å². The number of rotatable bonds is 12. The normalized spacial score (nSPS) is 11.6. The maximum absolute atomic E-state index is 13.5. The smallest absolute Gasteiger partial charge is 0.338 e. The van der Waals surface area contributed by atoms with Crippen molar-refractivity contribution in [3.8, 4) is 11.5 Å². The van der Waals surface area contributed by atoms with Crippen LogP contribution in [0.5, 0.6) is 11.5 Å². The number of hydrogen-bond donors (Lipinski definition) is 4. The molecule has 3 amide bonds. The number of methoxy groups -OCH3 is 1. The minimum Gasteiger partial charge on any atom is -0.508 e. The van der Waals surface area contributed by atoms with E-state index in [9.17, 15) is 24.3 Å². The Bertz CT molecular complexity index is 1740. The Kier molecular flexibility index (Phi) is 11.6. The molecule has 4 aromatic rings. The molecule has 0 bridgehead atoms. The molecule has 0 saturated heterocycles. The monoisotopic (exact) mass is 639 g/mol. The molecule has 0 heterocycles. The third kappa shape index (κ3) is 9.23. The van der Waals surface area contributed by atoms with Crippen molar-refractivity contribution >= 4 is 52.9 Å². The largest absolute Gasteiger partial charge is 0.508 e. The van der Waals surface area contributed by atoms with E-state index in [1.54, 1.807) is 92.7 Å². The van der Waals surface area contributed by atoms with Gasteiger partial charge in [-0.05, 0) is 86.7 Å². The number of anilines is 2. The Morgan fingerprint density at radius 1 is 0.848 bits per heavy atom. The van der Waals surface area contributed by atoms with Gasteiger partial charge < -0.3 is 30.5 Å². The van der Waals surface area contributed by atoms with Gasteiger partial charge in [0.05, 0.1) is 24.5 Å². The molecule has 236 valence electrons. The van der Waals surface area contributed by atoms with Crippen LogP contribution in [0.25, 0.3) is 6.08 Å². The van der Waals surface area contributed by atoms with Crippen LogP contribution in [-0.2, 0) is 14.3 Å². The van der Waals surface area contributed by atoms with Crippen LogP contribution in [0, 0.1) is 0 Å². The fraction of sp³-hybridized carbons (Fsp3) is 0.143. The minimum absolute atomic E-state index is 0.0162. The van der Waals surface area contributed by atoms with Crippen LogP contribution in [0.3, 0.4) is 0 Å². The van der Waals surface area contributed by atoms with Crippen LogP contribution in [-0.4, -0.2) is 47.8 Å². The standard InChI is InChI=1S/C35H33N3O7S/c1-4-45-35(43)24-13-16-26(17-14-24)36-32(40)22(2)46-29-12-8-11-27(20-29)37-34(42)30(38-33(41)23-9-6-5-7-10-23)19-25-15-18-28(39)21-31(25)44-3/h5-22,39H,4H2,1-3H3,(H,36,40)(H,37,42)(H,38,41)/b30-19+. The number of phenols is 1. The molecule has 0 radical (unpaired) electrons. The molecule has 1 unspecified atom stereocenters. The number of esters is 1. The van der Waals surface area contributed by atoms with E-state index in [1.165, 1.54) is 37.1 Å². The van der Waals surface area contributed by atoms with Crippen molar-refractivity contribution in [1.82, 2.24) is 5.32 Å². The molecule has 0 aliphatic rings. The van der Waals surface area contributed by atoms with Gasteiger partial charge in [-0.25, -0.2) is 4.79 Å². The summed E-state index contributed by atoms with van der Waals surface area (Å²) in [5, 5.41) is 17.7. The highest BCUT2D eigenvalue weighted by Gasteiger charge is 2.18. The Balaban J connectivity index is 1.47. The van der Waals surface area contributed by atoms with E-state index in [2.05, 4.69) is 16.0 Å². The van der Waals surface area contributed by atoms with Gasteiger partial charge in [0.2, 0.25) is 5.91 Å². The average Bonchev–Trinajstić information content (AvgIpc) is 3.06. The van der Waals surface area contributed by atoms with E-state index in [0.29, 0.717) is 33.8 Å². The van der Waals surface area contributed by atoms with Gasteiger partial charge in [0.1, 0.15) is 17.2 Å². The third-order valence-electron chi connectivity index (χ3n) is 6.48. The van der Waals surface area contributed by atoms with Crippen molar-refractivity contribution in [2.75, 3.05) is 24.4 Å². The number of carbonyl (C=O) groups excluding carboxylic acids is 4. The van der Waals surface area contributed by atoms with E-state index in [4.69, 9.17) is 9.47 Å². The summed E-state index contributed by atoms with van der Waals surface area (Å²) >= 11 is 1.29. The molecule has 0 aliphatic carbocycles. The number of amides is 3. The van der Waals surface area contributed by atoms with Crippen molar-refractivity contribution in [2.45, 2.75) is 24.0 Å². The predicted molar refractivity (Wildman–Crippen MR) is 178 cm³/mol. The number of hydrogen-bond acceptors (Lipinski definition) is 8. The highest BCUT2D eigenvalue weighted by Crippen LogP contribution is 2.28. The lowest BCUT2D eigenvalue weighted by atomic mass is 10.1. The van der Waals surface area contributed by atoms with E-state index in [-0.39, 0.29) is 24.0 Å². The van der Waals surface area contributed by atoms with Crippen molar-refractivity contribution in [3.05, 3.63) is 119 Å².